The second kappa shape index (κ2) is 35.1. The Balaban J connectivity index is 0.000000106. The van der Waals surface area contributed by atoms with Crippen molar-refractivity contribution in [1.29, 1.82) is 0 Å². The maximum Gasteiger partial charge on any atom is 0.357 e. The zero-order chi connectivity index (χ0) is 98.3. The van der Waals surface area contributed by atoms with Crippen molar-refractivity contribution in [3.63, 3.8) is 0 Å². The molecule has 4 aliphatic carbocycles. The Bertz CT molecular complexity index is 7970. The minimum atomic E-state index is -0.702. The van der Waals surface area contributed by atoms with Crippen LogP contribution in [0.15, 0.2) is 278 Å². The molecule has 12 unspecified atom stereocenters. The number of hydrogen-bond donors (Lipinski definition) is 5. The molecule has 12 atom stereocenters. The molecule has 0 saturated carbocycles. The molecule has 8 bridgehead atoms. The Morgan fingerprint density at radius 2 is 0.748 bits per heavy atom. The third-order valence-electron chi connectivity index (χ3n) is 30.8. The molecule has 143 heavy (non-hydrogen) atoms. The lowest BCUT2D eigenvalue weighted by molar-refractivity contribution is -0.130. The van der Waals surface area contributed by atoms with E-state index in [2.05, 4.69) is 284 Å². The van der Waals surface area contributed by atoms with Gasteiger partial charge < -0.3 is 44.3 Å². The number of fused-ring (bicyclic) bond motifs is 4. The number of benzene rings is 7. The number of nitrogens with one attached hydrogen (secondary N) is 5. The first kappa shape index (κ1) is 91.5. The van der Waals surface area contributed by atoms with E-state index in [9.17, 15) is 24.0 Å². The number of thiazole rings is 4. The number of carbonyl (C=O) groups excluding carboxylic acids is 5. The van der Waals surface area contributed by atoms with Crippen molar-refractivity contribution >= 4 is 95.5 Å². The summed E-state index contributed by atoms with van der Waals surface area (Å²) in [6, 6.07) is 62.4. The van der Waals surface area contributed by atoms with Crippen LogP contribution in [-0.4, -0.2) is 130 Å². The second-order valence-electron chi connectivity index (χ2n) is 40.4. The third-order valence-corrected chi connectivity index (χ3v) is 33.9. The van der Waals surface area contributed by atoms with E-state index in [1.54, 1.807) is 42.0 Å². The molecule has 5 N–H and O–H groups in total. The molecular weight excluding hydrogens is 1870 g/mol. The summed E-state index contributed by atoms with van der Waals surface area (Å²) in [5, 5.41) is 50.8. The molecule has 29 nitrogen and oxygen atoms in total. The normalized spacial score (nSPS) is 23.8. The van der Waals surface area contributed by atoms with Crippen molar-refractivity contribution in [2.24, 2.45) is 28.7 Å². The van der Waals surface area contributed by atoms with Crippen molar-refractivity contribution in [2.75, 3.05) is 27.9 Å². The average Bonchev–Trinajstić information content (AvgIpc) is 1.69. The van der Waals surface area contributed by atoms with E-state index in [0.29, 0.717) is 65.5 Å². The fraction of sp³-hybridized carbons (Fsp3) is 0.273. The van der Waals surface area contributed by atoms with E-state index < -0.39 is 27.6 Å². The lowest BCUT2D eigenvalue weighted by atomic mass is 9.55. The van der Waals surface area contributed by atoms with Crippen LogP contribution in [0.1, 0.15) is 224 Å². The molecule has 7 aromatic carbocycles. The second-order valence-corrected chi connectivity index (χ2v) is 43.8. The standard InChI is InChI=1S/C31H27N5OS.C29H27N7OS.C28H25N7OS.C22H22N4O3S/c1-30-19-31(2,26(36-16-15-33-27(30)36)24-5-3-4-6-25(24)30)28(37)35-29-34-23(18-38-29)17-20-7-9-21(10-8-20)22-11-13-32-14-12-22;1-28-16-29(2,24(36-17-30-34-25(28)36)22-6-4-5-7-23(22)28)26(37)33-27-32-21(15-38-27)12-18-8-10-19(11-9-18)20-13-31-35(3)14-20;1-27-15-28(2,23(35-16-31-34-24(27)35)21-5-3-4-6-22(21)27)25(36)33-26-32-20(14-37-26)11-17-7-9-18(10-8-17)19-12-29-30-13-19;1-4-29-17(27)15-11-30-20(24-15)25-19(28)22(3)12-21(2)14-8-6-5-7-13(14)16(22)26-10-9-23-18(21)26/h3-16,18,26H,17,19H2,1-2H3,(H,34,35,37);4-11,13-15,17,24H,12,16H2,1-3H3,(H,32,33,37);3-10,12-14,16,23H,11,15H2,1-2H3,(H,29,30)(H,32,33,36);5-11,16H,4,12H2,1-3H3,(H,24,25,28). The number of anilines is 4. The number of ether oxygens (including phenoxy) is 1. The Labute approximate surface area is 840 Å². The summed E-state index contributed by atoms with van der Waals surface area (Å²) in [6.07, 6.45) is 27.1. The Morgan fingerprint density at radius 3 is 1.12 bits per heavy atom. The van der Waals surface area contributed by atoms with Crippen LogP contribution in [0, 0.1) is 21.7 Å². The predicted molar refractivity (Wildman–Crippen MR) is 549 cm³/mol. The van der Waals surface area contributed by atoms with E-state index in [0.717, 1.165) is 84.9 Å². The lowest BCUT2D eigenvalue weighted by Crippen LogP contribution is -2.55. The first-order chi connectivity index (χ1) is 69.1. The molecule has 8 aliphatic heterocycles. The van der Waals surface area contributed by atoms with Crippen LogP contribution in [0.3, 0.4) is 0 Å². The molecule has 19 heterocycles. The molecule has 716 valence electrons. The van der Waals surface area contributed by atoms with Crippen LogP contribution in [0.5, 0.6) is 0 Å². The molecule has 33 heteroatoms. The number of H-pyrrole nitrogens is 1. The van der Waals surface area contributed by atoms with Crippen LogP contribution in [-0.2, 0) is 71.9 Å². The van der Waals surface area contributed by atoms with Gasteiger partial charge in [-0.25, -0.2) is 34.7 Å². The van der Waals surface area contributed by atoms with Crippen LogP contribution in [0.2, 0.25) is 0 Å². The summed E-state index contributed by atoms with van der Waals surface area (Å²) < 4.78 is 15.3. The molecule has 18 aromatic rings. The van der Waals surface area contributed by atoms with Crippen molar-refractivity contribution in [3.05, 3.63) is 385 Å². The first-order valence-corrected chi connectivity index (χ1v) is 51.3. The number of carbonyl (C=O) groups is 5. The van der Waals surface area contributed by atoms with E-state index in [-0.39, 0.29) is 81.8 Å². The van der Waals surface area contributed by atoms with Crippen molar-refractivity contribution < 1.29 is 28.7 Å². The van der Waals surface area contributed by atoms with Crippen molar-refractivity contribution in [3.8, 4) is 33.4 Å². The number of imidazole rings is 2. The van der Waals surface area contributed by atoms with Gasteiger partial charge in [-0.1, -0.05) is 170 Å². The highest BCUT2D eigenvalue weighted by Gasteiger charge is 2.65. The highest BCUT2D eigenvalue weighted by Crippen LogP contribution is 2.65. The highest BCUT2D eigenvalue weighted by atomic mass is 32.1. The summed E-state index contributed by atoms with van der Waals surface area (Å²) in [7, 11) is 1.92. The number of hydrogen-bond acceptors (Lipinski definition) is 23. The number of nitrogens with zero attached hydrogens (tertiary/aromatic N) is 18. The van der Waals surface area contributed by atoms with Gasteiger partial charge >= 0.3 is 5.97 Å². The summed E-state index contributed by atoms with van der Waals surface area (Å²) in [6.45, 7) is 19.0. The monoisotopic (exact) mass is 1970 g/mol. The maximum absolute atomic E-state index is 13.9. The van der Waals surface area contributed by atoms with Gasteiger partial charge in [0.25, 0.3) is 0 Å². The topological polar surface area (TPSA) is 351 Å². The predicted octanol–water partition coefficient (Wildman–Crippen LogP) is 20.0. The molecule has 30 rings (SSSR count). The van der Waals surface area contributed by atoms with Gasteiger partial charge in [-0.3, -0.25) is 33.9 Å². The van der Waals surface area contributed by atoms with Gasteiger partial charge in [-0.05, 0) is 184 Å². The summed E-state index contributed by atoms with van der Waals surface area (Å²) in [4.78, 5) is 99.1. The SMILES string of the molecule is CC12CC(C)(C(=O)Nc3nc(Cc4ccc(-c5ccncc5)cc4)cs3)C(c3ccccc31)n1ccnc12.CC12CC(C)(C(=O)Nc3nc(Cc4ccc(-c5cn[nH]c5)cc4)cs3)C(c3ccccc31)n1cnnc12.CCOC(=O)c1csc(NC(=O)C2(C)CC3(C)c4ccccc4C2n2ccnc23)n1.Cn1cc(-c2ccc(Cc3csc(NC(=O)C4(C)CC5(C)c6ccccc6C4n4cnnc45)n3)cc2)cn1. The van der Waals surface area contributed by atoms with Crippen LogP contribution in [0.4, 0.5) is 20.5 Å². The fourth-order valence-corrected chi connectivity index (χ4v) is 27.3. The van der Waals surface area contributed by atoms with Crippen molar-refractivity contribution in [1.82, 2.24) is 93.5 Å². The number of pyridine rings is 1. The number of aromatic nitrogens is 19. The number of aromatic amines is 1. The van der Waals surface area contributed by atoms with E-state index in [4.69, 9.17) is 24.7 Å². The van der Waals surface area contributed by atoms with Gasteiger partial charge in [0.2, 0.25) is 23.6 Å². The minimum absolute atomic E-state index is 0.00480. The van der Waals surface area contributed by atoms with Crippen LogP contribution >= 0.6 is 45.3 Å². The molecular formula is C110H101N23O6S4. The van der Waals surface area contributed by atoms with Crippen LogP contribution in [0.25, 0.3) is 33.4 Å². The van der Waals surface area contributed by atoms with E-state index >= 15 is 0 Å². The largest absolute Gasteiger partial charge is 0.461 e. The number of rotatable bonds is 19. The molecule has 0 saturated heterocycles. The number of amides is 4. The quantitative estimate of drug-likeness (QED) is 0.0469. The number of esters is 1. The van der Waals surface area contributed by atoms with Gasteiger partial charge in [0, 0.05) is 109 Å². The molecule has 0 radical (unpaired) electrons. The molecule has 4 amide bonds. The van der Waals surface area contributed by atoms with Crippen LogP contribution < -0.4 is 21.3 Å². The average molecular weight is 1970 g/mol. The summed E-state index contributed by atoms with van der Waals surface area (Å²) >= 11 is 5.64. The Kier molecular flexibility index (Phi) is 22.5. The first-order valence-electron chi connectivity index (χ1n) is 47.8. The smallest absolute Gasteiger partial charge is 0.357 e. The highest BCUT2D eigenvalue weighted by molar-refractivity contribution is 7.15. The summed E-state index contributed by atoms with van der Waals surface area (Å²) in [5.41, 5.74) is 18.8. The Hall–Kier alpha value is -15.3. The summed E-state index contributed by atoms with van der Waals surface area (Å²) in [5.74, 6) is 3.25. The molecule has 0 spiro atoms. The van der Waals surface area contributed by atoms with Gasteiger partial charge in [0.15, 0.2) is 26.2 Å². The van der Waals surface area contributed by atoms with Gasteiger partial charge in [-0.15, -0.1) is 65.7 Å². The Morgan fingerprint density at radius 1 is 0.399 bits per heavy atom. The minimum Gasteiger partial charge on any atom is -0.461 e. The molecule has 12 aliphatic rings. The lowest BCUT2D eigenvalue weighted by Gasteiger charge is -2.54. The van der Waals surface area contributed by atoms with Crippen molar-refractivity contribution in [2.45, 2.75) is 153 Å². The third kappa shape index (κ3) is 15.4. The van der Waals surface area contributed by atoms with Gasteiger partial charge in [0.1, 0.15) is 36.0 Å². The zero-order valence-electron chi connectivity index (χ0n) is 80.2. The van der Waals surface area contributed by atoms with E-state index in [1.165, 1.54) is 95.4 Å². The van der Waals surface area contributed by atoms with Gasteiger partial charge in [-0.2, -0.15) is 10.2 Å². The van der Waals surface area contributed by atoms with Gasteiger partial charge in [0.05, 0.1) is 104 Å². The number of aryl methyl sites for hydroxylation is 1. The maximum atomic E-state index is 13.9. The fourth-order valence-electron chi connectivity index (χ4n) is 24.5. The zero-order valence-corrected chi connectivity index (χ0v) is 83.4. The molecule has 0 fully saturated rings. The van der Waals surface area contributed by atoms with E-state index in [1.807, 2.05) is 116 Å². The molecule has 11 aromatic heterocycles.